The highest BCUT2D eigenvalue weighted by molar-refractivity contribution is 7.86. The van der Waals surface area contributed by atoms with Gasteiger partial charge in [0.05, 0.1) is 16.4 Å². The first-order chi connectivity index (χ1) is 12.8. The molecule has 0 aromatic heterocycles. The third-order valence-electron chi connectivity index (χ3n) is 4.69. The fourth-order valence-corrected chi connectivity index (χ4v) is 4.31. The molecule has 1 aliphatic carbocycles. The van der Waals surface area contributed by atoms with Crippen LogP contribution in [0.15, 0.2) is 29.2 Å². The Balaban J connectivity index is 2.09. The number of nitro benzene ring substituents is 1. The first-order valence-electron chi connectivity index (χ1n) is 9.18. The zero-order valence-electron chi connectivity index (χ0n) is 15.3. The first-order valence-corrected chi connectivity index (χ1v) is 10.6. The van der Waals surface area contributed by atoms with E-state index in [9.17, 15) is 23.3 Å². The van der Waals surface area contributed by atoms with Crippen LogP contribution >= 0.6 is 0 Å². The number of ether oxygens (including phenoxy) is 1. The smallest absolute Gasteiger partial charge is 0.336 e. The largest absolute Gasteiger partial charge is 0.464 e. The van der Waals surface area contributed by atoms with Crippen molar-refractivity contribution in [3.63, 3.8) is 0 Å². The van der Waals surface area contributed by atoms with Crippen LogP contribution < -0.4 is 0 Å². The van der Waals surface area contributed by atoms with Gasteiger partial charge in [-0.25, -0.2) is 4.79 Å². The van der Waals surface area contributed by atoms with Crippen molar-refractivity contribution in [3.8, 4) is 0 Å². The molecule has 1 unspecified atom stereocenters. The molecule has 0 spiro atoms. The number of carbonyl (C=O) groups is 1. The van der Waals surface area contributed by atoms with Gasteiger partial charge >= 0.3 is 5.97 Å². The molecule has 0 saturated heterocycles. The van der Waals surface area contributed by atoms with Gasteiger partial charge in [-0.3, -0.25) is 14.3 Å². The molecule has 2 rings (SSSR count). The summed E-state index contributed by atoms with van der Waals surface area (Å²) in [7, 11) is -4.24. The second-order valence-corrected chi connectivity index (χ2v) is 8.20. The number of non-ortho nitro benzene ring substituents is 1. The Bertz CT molecular complexity index is 739. The first kappa shape index (κ1) is 21.3. The van der Waals surface area contributed by atoms with Crippen LogP contribution in [0.5, 0.6) is 0 Å². The molecule has 1 aromatic rings. The van der Waals surface area contributed by atoms with E-state index in [1.807, 2.05) is 0 Å². The lowest BCUT2D eigenvalue weighted by Gasteiger charge is -2.23. The van der Waals surface area contributed by atoms with E-state index in [0.717, 1.165) is 49.9 Å². The molecule has 0 bridgehead atoms. The molecule has 27 heavy (non-hydrogen) atoms. The van der Waals surface area contributed by atoms with Crippen LogP contribution in [0.25, 0.3) is 0 Å². The van der Waals surface area contributed by atoms with E-state index in [2.05, 4.69) is 0 Å². The average Bonchev–Trinajstić information content (AvgIpc) is 2.66. The summed E-state index contributed by atoms with van der Waals surface area (Å²) < 4.78 is 35.1. The summed E-state index contributed by atoms with van der Waals surface area (Å²) in [6.07, 6.45) is 5.40. The van der Waals surface area contributed by atoms with E-state index in [4.69, 9.17) is 8.92 Å². The molecule has 8 nitrogen and oxygen atoms in total. The normalized spacial score (nSPS) is 16.6. The van der Waals surface area contributed by atoms with Crippen molar-refractivity contribution >= 4 is 21.8 Å². The van der Waals surface area contributed by atoms with Crippen LogP contribution in [0.4, 0.5) is 5.69 Å². The number of esters is 1. The maximum atomic E-state index is 12.5. The van der Waals surface area contributed by atoms with Gasteiger partial charge in [-0.2, -0.15) is 8.42 Å². The SMILES string of the molecule is CCOC(=O)C(CCC1CCCCC1)OS(=O)(=O)c1ccc([N+](=O)[O-])cc1. The van der Waals surface area contributed by atoms with Crippen molar-refractivity contribution < 1.29 is 27.1 Å². The summed E-state index contributed by atoms with van der Waals surface area (Å²) >= 11 is 0. The van der Waals surface area contributed by atoms with Crippen molar-refractivity contribution in [1.29, 1.82) is 0 Å². The van der Waals surface area contributed by atoms with E-state index < -0.39 is 27.1 Å². The zero-order valence-corrected chi connectivity index (χ0v) is 16.2. The summed E-state index contributed by atoms with van der Waals surface area (Å²) in [5.74, 6) is -0.250. The number of carbonyl (C=O) groups excluding carboxylic acids is 1. The summed E-state index contributed by atoms with van der Waals surface area (Å²) in [6.45, 7) is 1.76. The lowest BCUT2D eigenvalue weighted by Crippen LogP contribution is -2.30. The Hall–Kier alpha value is -2.00. The van der Waals surface area contributed by atoms with E-state index in [0.29, 0.717) is 12.3 Å². The Morgan fingerprint density at radius 2 is 1.85 bits per heavy atom. The van der Waals surface area contributed by atoms with E-state index in [1.165, 1.54) is 6.42 Å². The second-order valence-electron chi connectivity index (χ2n) is 6.62. The number of rotatable bonds is 9. The van der Waals surface area contributed by atoms with Gasteiger partial charge in [0.15, 0.2) is 6.10 Å². The minimum absolute atomic E-state index is 0.125. The van der Waals surface area contributed by atoms with Gasteiger partial charge in [0, 0.05) is 12.1 Å². The van der Waals surface area contributed by atoms with Gasteiger partial charge in [-0.15, -0.1) is 0 Å². The standard InChI is InChI=1S/C18H25NO7S/c1-2-25-18(20)17(13-8-14-6-4-3-5-7-14)26-27(23,24)16-11-9-15(10-12-16)19(21)22/h9-12,14,17H,2-8,13H2,1H3. The van der Waals surface area contributed by atoms with Gasteiger partial charge in [-0.1, -0.05) is 32.1 Å². The summed E-state index contributed by atoms with van der Waals surface area (Å²) in [6, 6.07) is 4.35. The highest BCUT2D eigenvalue weighted by Gasteiger charge is 2.30. The van der Waals surface area contributed by atoms with Gasteiger partial charge in [0.2, 0.25) is 0 Å². The number of hydrogen-bond acceptors (Lipinski definition) is 7. The molecule has 1 aliphatic rings. The molecular formula is C18H25NO7S. The minimum atomic E-state index is -4.24. The van der Waals surface area contributed by atoms with Gasteiger partial charge < -0.3 is 4.74 Å². The Morgan fingerprint density at radius 1 is 1.22 bits per heavy atom. The maximum Gasteiger partial charge on any atom is 0.336 e. The van der Waals surface area contributed by atoms with Crippen LogP contribution in [0.3, 0.4) is 0 Å². The molecule has 0 aliphatic heterocycles. The van der Waals surface area contributed by atoms with Crippen LogP contribution in [-0.2, 0) is 23.8 Å². The number of hydrogen-bond donors (Lipinski definition) is 0. The summed E-state index contributed by atoms with van der Waals surface area (Å²) in [5, 5.41) is 10.7. The minimum Gasteiger partial charge on any atom is -0.464 e. The van der Waals surface area contributed by atoms with Crippen molar-refractivity contribution in [1.82, 2.24) is 0 Å². The summed E-state index contributed by atoms with van der Waals surface area (Å²) in [4.78, 5) is 22.0. The predicted octanol–water partition coefficient (Wildman–Crippen LogP) is 3.59. The molecule has 1 saturated carbocycles. The van der Waals surface area contributed by atoms with Crippen molar-refractivity contribution in [2.45, 2.75) is 62.9 Å². The van der Waals surface area contributed by atoms with E-state index >= 15 is 0 Å². The number of benzene rings is 1. The quantitative estimate of drug-likeness (QED) is 0.270. The lowest BCUT2D eigenvalue weighted by atomic mass is 9.85. The monoisotopic (exact) mass is 399 g/mol. The van der Waals surface area contributed by atoms with Gasteiger partial charge in [-0.05, 0) is 37.8 Å². The highest BCUT2D eigenvalue weighted by atomic mass is 32.2. The third kappa shape index (κ3) is 6.28. The number of nitrogens with zero attached hydrogens (tertiary/aromatic N) is 1. The molecule has 1 fully saturated rings. The molecule has 0 heterocycles. The Morgan fingerprint density at radius 3 is 2.41 bits per heavy atom. The average molecular weight is 399 g/mol. The Kier molecular flexibility index (Phi) is 7.73. The third-order valence-corrected chi connectivity index (χ3v) is 6.03. The van der Waals surface area contributed by atoms with Crippen LogP contribution in [0, 0.1) is 16.0 Å². The van der Waals surface area contributed by atoms with Crippen molar-refractivity contribution in [2.75, 3.05) is 6.61 Å². The topological polar surface area (TPSA) is 113 Å². The van der Waals surface area contributed by atoms with Crippen molar-refractivity contribution in [3.05, 3.63) is 34.4 Å². The van der Waals surface area contributed by atoms with E-state index in [1.54, 1.807) is 6.92 Å². The second kappa shape index (κ2) is 9.80. The zero-order chi connectivity index (χ0) is 19.9. The predicted molar refractivity (Wildman–Crippen MR) is 97.6 cm³/mol. The molecule has 0 amide bonds. The molecule has 9 heteroatoms. The summed E-state index contributed by atoms with van der Waals surface area (Å²) in [5.41, 5.74) is -0.229. The molecule has 0 N–H and O–H groups in total. The molecule has 0 radical (unpaired) electrons. The van der Waals surface area contributed by atoms with Gasteiger partial charge in [0.25, 0.3) is 15.8 Å². The maximum absolute atomic E-state index is 12.5. The fourth-order valence-electron chi connectivity index (χ4n) is 3.25. The molecular weight excluding hydrogens is 374 g/mol. The molecule has 150 valence electrons. The Labute approximate surface area is 159 Å². The lowest BCUT2D eigenvalue weighted by molar-refractivity contribution is -0.384. The number of nitro groups is 1. The van der Waals surface area contributed by atoms with Crippen LogP contribution in [0.2, 0.25) is 0 Å². The fraction of sp³-hybridized carbons (Fsp3) is 0.611. The van der Waals surface area contributed by atoms with Crippen LogP contribution in [-0.4, -0.2) is 32.0 Å². The highest BCUT2D eigenvalue weighted by Crippen LogP contribution is 2.29. The van der Waals surface area contributed by atoms with Crippen LogP contribution in [0.1, 0.15) is 51.9 Å². The van der Waals surface area contributed by atoms with Gasteiger partial charge in [0.1, 0.15) is 0 Å². The van der Waals surface area contributed by atoms with Crippen molar-refractivity contribution in [2.24, 2.45) is 5.92 Å². The molecule has 1 aromatic carbocycles. The van der Waals surface area contributed by atoms with E-state index in [-0.39, 0.29) is 23.6 Å². The molecule has 1 atom stereocenters.